The van der Waals surface area contributed by atoms with Crippen LogP contribution in [0.25, 0.3) is 0 Å². The van der Waals surface area contributed by atoms with Gasteiger partial charge in [-0.3, -0.25) is 4.90 Å². The van der Waals surface area contributed by atoms with Crippen molar-refractivity contribution in [3.63, 3.8) is 0 Å². The molecule has 1 aromatic heterocycles. The number of likely N-dealkylation sites (N-methyl/N-ethyl adjacent to an activating group) is 1. The molecule has 0 aliphatic carbocycles. The molecule has 2 nitrogen and oxygen atoms in total. The summed E-state index contributed by atoms with van der Waals surface area (Å²) in [4.78, 5) is 3.97. The second-order valence-corrected chi connectivity index (χ2v) is 6.24. The van der Waals surface area contributed by atoms with Crippen molar-refractivity contribution in [2.75, 3.05) is 20.1 Å². The van der Waals surface area contributed by atoms with E-state index in [1.165, 1.54) is 17.7 Å². The molecule has 2 atom stereocenters. The van der Waals surface area contributed by atoms with Crippen molar-refractivity contribution in [3.8, 4) is 0 Å². The first kappa shape index (κ1) is 15.7. The van der Waals surface area contributed by atoms with Crippen molar-refractivity contribution in [1.29, 1.82) is 0 Å². The van der Waals surface area contributed by atoms with Crippen LogP contribution in [-0.2, 0) is 6.42 Å². The zero-order valence-electron chi connectivity index (χ0n) is 12.3. The first-order valence-corrected chi connectivity index (χ1v) is 7.98. The first-order valence-electron chi connectivity index (χ1n) is 7.10. The van der Waals surface area contributed by atoms with Crippen LogP contribution in [0.2, 0.25) is 0 Å². The highest BCUT2D eigenvalue weighted by molar-refractivity contribution is 7.09. The standard InChI is InChI=1S/C15H28N2S/c1-5-6-9-16-12-14(3)17(4)13(2)11-15-8-7-10-18-15/h7-8,10,13-14,16H,5-6,9,11-12H2,1-4H3. The summed E-state index contributed by atoms with van der Waals surface area (Å²) in [5, 5.41) is 5.71. The van der Waals surface area contributed by atoms with Crippen LogP contribution >= 0.6 is 11.3 Å². The highest BCUT2D eigenvalue weighted by Gasteiger charge is 2.16. The van der Waals surface area contributed by atoms with Crippen LogP contribution in [0.15, 0.2) is 17.5 Å². The minimum absolute atomic E-state index is 0.594. The van der Waals surface area contributed by atoms with Gasteiger partial charge in [0.1, 0.15) is 0 Å². The molecule has 104 valence electrons. The Morgan fingerprint density at radius 1 is 1.33 bits per heavy atom. The first-order chi connectivity index (χ1) is 8.65. The Morgan fingerprint density at radius 2 is 2.11 bits per heavy atom. The lowest BCUT2D eigenvalue weighted by atomic mass is 10.1. The van der Waals surface area contributed by atoms with Gasteiger partial charge in [-0.2, -0.15) is 0 Å². The Kier molecular flexibility index (Phi) is 7.56. The summed E-state index contributed by atoms with van der Waals surface area (Å²) >= 11 is 1.86. The largest absolute Gasteiger partial charge is 0.315 e. The number of nitrogens with zero attached hydrogens (tertiary/aromatic N) is 1. The third-order valence-electron chi connectivity index (χ3n) is 3.61. The van der Waals surface area contributed by atoms with Crippen LogP contribution in [0.5, 0.6) is 0 Å². The average Bonchev–Trinajstić information content (AvgIpc) is 2.86. The fourth-order valence-corrected chi connectivity index (χ4v) is 2.88. The molecule has 0 saturated heterocycles. The molecule has 0 bridgehead atoms. The van der Waals surface area contributed by atoms with Crippen LogP contribution in [-0.4, -0.2) is 37.1 Å². The number of thiophene rings is 1. The van der Waals surface area contributed by atoms with E-state index < -0.39 is 0 Å². The SMILES string of the molecule is CCCCNCC(C)N(C)C(C)Cc1cccs1. The van der Waals surface area contributed by atoms with E-state index in [9.17, 15) is 0 Å². The Labute approximate surface area is 116 Å². The van der Waals surface area contributed by atoms with Crippen LogP contribution in [0.4, 0.5) is 0 Å². The van der Waals surface area contributed by atoms with Gasteiger partial charge < -0.3 is 5.32 Å². The van der Waals surface area contributed by atoms with Crippen molar-refractivity contribution in [1.82, 2.24) is 10.2 Å². The van der Waals surface area contributed by atoms with E-state index in [2.05, 4.69) is 55.5 Å². The number of unbranched alkanes of at least 4 members (excludes halogenated alkanes) is 1. The van der Waals surface area contributed by atoms with Crippen LogP contribution < -0.4 is 5.32 Å². The monoisotopic (exact) mass is 268 g/mol. The predicted octanol–water partition coefficient (Wildman–Crippen LogP) is 3.39. The third kappa shape index (κ3) is 5.51. The van der Waals surface area contributed by atoms with Crippen molar-refractivity contribution in [2.45, 2.75) is 52.1 Å². The average molecular weight is 268 g/mol. The molecule has 0 spiro atoms. The normalized spacial score (nSPS) is 14.9. The van der Waals surface area contributed by atoms with Gasteiger partial charge in [0.25, 0.3) is 0 Å². The van der Waals surface area contributed by atoms with Crippen molar-refractivity contribution in [2.24, 2.45) is 0 Å². The molecule has 0 amide bonds. The summed E-state index contributed by atoms with van der Waals surface area (Å²) in [5.74, 6) is 0. The lowest BCUT2D eigenvalue weighted by Crippen LogP contribution is -2.43. The Morgan fingerprint density at radius 3 is 2.72 bits per heavy atom. The van der Waals surface area contributed by atoms with Crippen LogP contribution in [0, 0.1) is 0 Å². The maximum absolute atomic E-state index is 3.54. The smallest absolute Gasteiger partial charge is 0.0192 e. The lowest BCUT2D eigenvalue weighted by molar-refractivity contribution is 0.191. The minimum atomic E-state index is 0.594. The number of nitrogens with one attached hydrogen (secondary N) is 1. The Bertz CT molecular complexity index is 297. The van der Waals surface area contributed by atoms with Crippen molar-refractivity contribution >= 4 is 11.3 Å². The van der Waals surface area contributed by atoms with Gasteiger partial charge >= 0.3 is 0 Å². The summed E-state index contributed by atoms with van der Waals surface area (Å²) < 4.78 is 0. The Balaban J connectivity index is 2.26. The zero-order chi connectivity index (χ0) is 13.4. The maximum atomic E-state index is 3.54. The van der Waals surface area contributed by atoms with E-state index in [4.69, 9.17) is 0 Å². The van der Waals surface area contributed by atoms with Crippen LogP contribution in [0.3, 0.4) is 0 Å². The van der Waals surface area contributed by atoms with E-state index in [1.807, 2.05) is 11.3 Å². The van der Waals surface area contributed by atoms with Crippen LogP contribution in [0.1, 0.15) is 38.5 Å². The zero-order valence-corrected chi connectivity index (χ0v) is 13.1. The molecule has 0 aliphatic heterocycles. The van der Waals surface area contributed by atoms with E-state index in [1.54, 1.807) is 0 Å². The summed E-state index contributed by atoms with van der Waals surface area (Å²) in [5.41, 5.74) is 0. The quantitative estimate of drug-likeness (QED) is 0.691. The van der Waals surface area contributed by atoms with Gasteiger partial charge in [-0.1, -0.05) is 19.4 Å². The summed E-state index contributed by atoms with van der Waals surface area (Å²) in [6.45, 7) is 9.10. The number of hydrogen-bond donors (Lipinski definition) is 1. The minimum Gasteiger partial charge on any atom is -0.315 e. The van der Waals surface area contributed by atoms with Gasteiger partial charge in [-0.15, -0.1) is 11.3 Å². The molecule has 0 aliphatic rings. The van der Waals surface area contributed by atoms with E-state index in [-0.39, 0.29) is 0 Å². The van der Waals surface area contributed by atoms with Crippen molar-refractivity contribution in [3.05, 3.63) is 22.4 Å². The van der Waals surface area contributed by atoms with Gasteiger partial charge in [0, 0.05) is 23.5 Å². The van der Waals surface area contributed by atoms with Gasteiger partial charge in [-0.25, -0.2) is 0 Å². The van der Waals surface area contributed by atoms with Gasteiger partial charge in [0.05, 0.1) is 0 Å². The van der Waals surface area contributed by atoms with Gasteiger partial charge in [0.15, 0.2) is 0 Å². The molecule has 0 fully saturated rings. The van der Waals surface area contributed by atoms with E-state index >= 15 is 0 Å². The lowest BCUT2D eigenvalue weighted by Gasteiger charge is -2.31. The molecule has 1 heterocycles. The van der Waals surface area contributed by atoms with Gasteiger partial charge in [-0.05, 0) is 51.7 Å². The summed E-state index contributed by atoms with van der Waals surface area (Å²) in [6, 6.07) is 5.57. The summed E-state index contributed by atoms with van der Waals surface area (Å²) in [7, 11) is 2.24. The molecule has 2 unspecified atom stereocenters. The fraction of sp³-hybridized carbons (Fsp3) is 0.733. The number of rotatable bonds is 9. The Hall–Kier alpha value is -0.380. The molecule has 1 aromatic rings. The highest BCUT2D eigenvalue weighted by atomic mass is 32.1. The maximum Gasteiger partial charge on any atom is 0.0192 e. The molecule has 0 saturated carbocycles. The predicted molar refractivity (Wildman–Crippen MR) is 82.5 cm³/mol. The topological polar surface area (TPSA) is 15.3 Å². The van der Waals surface area contributed by atoms with Crippen molar-refractivity contribution < 1.29 is 0 Å². The van der Waals surface area contributed by atoms with E-state index in [0.29, 0.717) is 12.1 Å². The molecule has 3 heteroatoms. The second kappa shape index (κ2) is 8.68. The molecule has 18 heavy (non-hydrogen) atoms. The molecular weight excluding hydrogens is 240 g/mol. The fourth-order valence-electron chi connectivity index (χ4n) is 2.06. The second-order valence-electron chi connectivity index (χ2n) is 5.20. The van der Waals surface area contributed by atoms with E-state index in [0.717, 1.165) is 19.5 Å². The molecule has 1 rings (SSSR count). The molecule has 1 N–H and O–H groups in total. The third-order valence-corrected chi connectivity index (χ3v) is 4.51. The number of hydrogen-bond acceptors (Lipinski definition) is 3. The molecule has 0 aromatic carbocycles. The molecule has 0 radical (unpaired) electrons. The summed E-state index contributed by atoms with van der Waals surface area (Å²) in [6.07, 6.45) is 3.71. The molecular formula is C15H28N2S. The highest BCUT2D eigenvalue weighted by Crippen LogP contribution is 2.14. The van der Waals surface area contributed by atoms with Gasteiger partial charge in [0.2, 0.25) is 0 Å².